The van der Waals surface area contributed by atoms with Crippen molar-refractivity contribution in [3.63, 3.8) is 0 Å². The maximum Gasteiger partial charge on any atom is 0.195 e. The third kappa shape index (κ3) is 3.48. The van der Waals surface area contributed by atoms with Gasteiger partial charge in [-0.2, -0.15) is 5.10 Å². The second-order valence-corrected chi connectivity index (χ2v) is 12.5. The highest BCUT2D eigenvalue weighted by molar-refractivity contribution is 7.71. The first-order valence-electron chi connectivity index (χ1n) is 13.3. The van der Waals surface area contributed by atoms with Crippen LogP contribution >= 0.6 is 12.2 Å². The van der Waals surface area contributed by atoms with Crippen molar-refractivity contribution in [3.05, 3.63) is 22.2 Å². The molecule has 1 unspecified atom stereocenters. The van der Waals surface area contributed by atoms with Crippen LogP contribution in [-0.4, -0.2) is 26.0 Å². The molecule has 4 aliphatic carbocycles. The highest BCUT2D eigenvalue weighted by Crippen LogP contribution is 2.67. The normalized spacial score (nSPS) is 42.0. The van der Waals surface area contributed by atoms with Crippen molar-refractivity contribution in [3.8, 4) is 0 Å². The Hall–Kier alpha value is -0.940. The number of nitrogens with zero attached hydrogens (tertiary/aromatic N) is 2. The van der Waals surface area contributed by atoms with Gasteiger partial charge in [-0.3, -0.25) is 5.10 Å². The Morgan fingerprint density at radius 1 is 1.22 bits per heavy atom. The lowest BCUT2D eigenvalue weighted by molar-refractivity contribution is -0.0571. The van der Waals surface area contributed by atoms with Gasteiger partial charge in [0.05, 0.1) is 6.10 Å². The van der Waals surface area contributed by atoms with E-state index in [9.17, 15) is 5.11 Å². The number of aromatic amines is 1. The van der Waals surface area contributed by atoms with Gasteiger partial charge < -0.3 is 9.67 Å². The number of allylic oxidation sites excluding steroid dienone is 1. The summed E-state index contributed by atoms with van der Waals surface area (Å²) in [6.07, 6.45) is 14.7. The monoisotopic (exact) mass is 457 g/mol. The van der Waals surface area contributed by atoms with Crippen molar-refractivity contribution in [2.75, 3.05) is 0 Å². The molecule has 0 aromatic carbocycles. The summed E-state index contributed by atoms with van der Waals surface area (Å²) in [5.74, 6) is 5.25. The zero-order valence-electron chi connectivity index (χ0n) is 20.6. The number of aliphatic hydroxyl groups excluding tert-OH is 1. The molecule has 0 spiro atoms. The SMILES string of the molecule is CCn1c(CCC(C)[C@H]2CC[C@H]3[C@@H]4CC=C5C[C@@H](O)CC[C@]5(C)[C@H]4CC[C@]23C)n[nH]c1=S. The van der Waals surface area contributed by atoms with Crippen molar-refractivity contribution in [2.45, 2.75) is 105 Å². The third-order valence-corrected chi connectivity index (χ3v) is 11.1. The van der Waals surface area contributed by atoms with E-state index in [0.717, 1.165) is 66.0 Å². The first-order chi connectivity index (χ1) is 15.3. The lowest BCUT2D eigenvalue weighted by Gasteiger charge is -2.58. The van der Waals surface area contributed by atoms with Crippen LogP contribution in [0.15, 0.2) is 11.6 Å². The van der Waals surface area contributed by atoms with Gasteiger partial charge in [-0.1, -0.05) is 32.4 Å². The number of rotatable bonds is 5. The Kier molecular flexibility index (Phi) is 5.97. The first kappa shape index (κ1) is 22.8. The zero-order valence-corrected chi connectivity index (χ0v) is 21.4. The molecular formula is C27H43N3OS. The summed E-state index contributed by atoms with van der Waals surface area (Å²) < 4.78 is 2.91. The summed E-state index contributed by atoms with van der Waals surface area (Å²) >= 11 is 5.39. The Morgan fingerprint density at radius 2 is 2.03 bits per heavy atom. The topological polar surface area (TPSA) is 53.8 Å². The number of H-pyrrole nitrogens is 1. The number of aryl methyl sites for hydroxylation is 1. The van der Waals surface area contributed by atoms with E-state index in [2.05, 4.69) is 48.5 Å². The molecule has 4 aliphatic rings. The predicted octanol–water partition coefficient (Wildman–Crippen LogP) is 6.47. The number of fused-ring (bicyclic) bond motifs is 5. The molecule has 0 bridgehead atoms. The molecule has 0 saturated heterocycles. The predicted molar refractivity (Wildman–Crippen MR) is 132 cm³/mol. The van der Waals surface area contributed by atoms with Gasteiger partial charge in [-0.15, -0.1) is 0 Å². The summed E-state index contributed by atoms with van der Waals surface area (Å²) in [6.45, 7) is 10.7. The van der Waals surface area contributed by atoms with Crippen LogP contribution < -0.4 is 0 Å². The molecule has 2 N–H and O–H groups in total. The smallest absolute Gasteiger partial charge is 0.195 e. The Morgan fingerprint density at radius 3 is 2.81 bits per heavy atom. The maximum absolute atomic E-state index is 10.3. The molecule has 5 heteroatoms. The minimum Gasteiger partial charge on any atom is -0.393 e. The molecule has 0 amide bonds. The molecule has 32 heavy (non-hydrogen) atoms. The average molecular weight is 458 g/mol. The van der Waals surface area contributed by atoms with Gasteiger partial charge in [0.1, 0.15) is 5.82 Å². The lowest BCUT2D eigenvalue weighted by atomic mass is 9.47. The van der Waals surface area contributed by atoms with E-state index >= 15 is 0 Å². The van der Waals surface area contributed by atoms with Gasteiger partial charge in [-0.05, 0) is 117 Å². The van der Waals surface area contributed by atoms with Crippen molar-refractivity contribution in [2.24, 2.45) is 40.4 Å². The van der Waals surface area contributed by atoms with Crippen molar-refractivity contribution >= 4 is 12.2 Å². The van der Waals surface area contributed by atoms with Crippen LogP contribution in [0.3, 0.4) is 0 Å². The fraction of sp³-hybridized carbons (Fsp3) is 0.852. The van der Waals surface area contributed by atoms with Crippen LogP contribution in [0, 0.1) is 45.2 Å². The minimum atomic E-state index is -0.103. The lowest BCUT2D eigenvalue weighted by Crippen LogP contribution is -2.50. The first-order valence-corrected chi connectivity index (χ1v) is 13.7. The number of aromatic nitrogens is 3. The fourth-order valence-electron chi connectivity index (χ4n) is 9.04. The highest BCUT2D eigenvalue weighted by Gasteiger charge is 2.59. The van der Waals surface area contributed by atoms with E-state index in [1.807, 2.05) is 0 Å². The number of hydrogen-bond acceptors (Lipinski definition) is 3. The van der Waals surface area contributed by atoms with Crippen LogP contribution in [0.4, 0.5) is 0 Å². The largest absolute Gasteiger partial charge is 0.393 e. The molecule has 3 fully saturated rings. The summed E-state index contributed by atoms with van der Waals surface area (Å²) in [4.78, 5) is 0. The van der Waals surface area contributed by atoms with Crippen molar-refractivity contribution < 1.29 is 5.11 Å². The molecular weight excluding hydrogens is 414 g/mol. The molecule has 178 valence electrons. The molecule has 8 atom stereocenters. The zero-order chi connectivity index (χ0) is 22.7. The maximum atomic E-state index is 10.3. The Balaban J connectivity index is 1.31. The van der Waals surface area contributed by atoms with Gasteiger partial charge in [-0.25, -0.2) is 0 Å². The molecule has 5 rings (SSSR count). The quantitative estimate of drug-likeness (QED) is 0.393. The van der Waals surface area contributed by atoms with Gasteiger partial charge in [0.15, 0.2) is 4.77 Å². The minimum absolute atomic E-state index is 0.103. The average Bonchev–Trinajstić information content (AvgIpc) is 3.31. The van der Waals surface area contributed by atoms with Gasteiger partial charge >= 0.3 is 0 Å². The van der Waals surface area contributed by atoms with Crippen molar-refractivity contribution in [1.29, 1.82) is 0 Å². The summed E-state index contributed by atoms with van der Waals surface area (Å²) in [6, 6.07) is 0. The Bertz CT molecular complexity index is 934. The van der Waals surface area contributed by atoms with Crippen LogP contribution in [0.5, 0.6) is 0 Å². The van der Waals surface area contributed by atoms with E-state index in [1.54, 1.807) is 5.57 Å². The summed E-state index contributed by atoms with van der Waals surface area (Å²) in [7, 11) is 0. The summed E-state index contributed by atoms with van der Waals surface area (Å²) in [5, 5.41) is 17.8. The van der Waals surface area contributed by atoms with Gasteiger partial charge in [0.25, 0.3) is 0 Å². The second kappa shape index (κ2) is 8.37. The van der Waals surface area contributed by atoms with E-state index in [4.69, 9.17) is 12.2 Å². The fourth-order valence-corrected chi connectivity index (χ4v) is 9.32. The van der Waals surface area contributed by atoms with Crippen LogP contribution in [-0.2, 0) is 13.0 Å². The van der Waals surface area contributed by atoms with E-state index in [0.29, 0.717) is 10.8 Å². The van der Waals surface area contributed by atoms with E-state index in [1.165, 1.54) is 44.9 Å². The number of hydrogen-bond donors (Lipinski definition) is 2. The van der Waals surface area contributed by atoms with Gasteiger partial charge in [0.2, 0.25) is 0 Å². The van der Waals surface area contributed by atoms with E-state index < -0.39 is 0 Å². The van der Waals surface area contributed by atoms with Crippen LogP contribution in [0.1, 0.15) is 91.3 Å². The molecule has 4 nitrogen and oxygen atoms in total. The van der Waals surface area contributed by atoms with Crippen LogP contribution in [0.25, 0.3) is 0 Å². The van der Waals surface area contributed by atoms with E-state index in [-0.39, 0.29) is 6.10 Å². The van der Waals surface area contributed by atoms with Gasteiger partial charge in [0, 0.05) is 13.0 Å². The standard InChI is InChI=1S/C27H43N3OS/c1-5-30-24(28-29-25(30)32)11-6-17(2)21-9-10-22-20-8-7-18-16-19(31)12-14-26(18,3)23(20)13-15-27(21,22)4/h7,17,19-23,31H,5-6,8-16H2,1-4H3,(H,29,32)/t17?,19-,20-,21+,22-,23-,26-,27+/m0/s1. The molecule has 0 radical (unpaired) electrons. The molecule has 1 aromatic rings. The molecule has 1 aromatic heterocycles. The Labute approximate surface area is 199 Å². The molecule has 0 aliphatic heterocycles. The third-order valence-electron chi connectivity index (χ3n) is 10.8. The van der Waals surface area contributed by atoms with Crippen LogP contribution in [0.2, 0.25) is 0 Å². The summed E-state index contributed by atoms with van der Waals surface area (Å²) in [5.41, 5.74) is 2.43. The number of nitrogens with one attached hydrogen (secondary N) is 1. The second-order valence-electron chi connectivity index (χ2n) is 12.1. The van der Waals surface area contributed by atoms with Crippen molar-refractivity contribution in [1.82, 2.24) is 14.8 Å². The molecule has 1 heterocycles. The number of aliphatic hydroxyl groups is 1. The molecule has 3 saturated carbocycles. The highest BCUT2D eigenvalue weighted by atomic mass is 32.1.